The highest BCUT2D eigenvalue weighted by Crippen LogP contribution is 2.34. The van der Waals surface area contributed by atoms with Gasteiger partial charge in [0, 0.05) is 18.4 Å². The summed E-state index contributed by atoms with van der Waals surface area (Å²) in [6, 6.07) is 13.7. The topological polar surface area (TPSA) is 75.7 Å². The summed E-state index contributed by atoms with van der Waals surface area (Å²) in [7, 11) is 1.34. The van der Waals surface area contributed by atoms with Crippen LogP contribution in [0.1, 0.15) is 32.1 Å². The van der Waals surface area contributed by atoms with E-state index in [1.165, 1.54) is 7.11 Å². The monoisotopic (exact) mass is 380 g/mol. The number of esters is 1. The van der Waals surface area contributed by atoms with Crippen LogP contribution in [0.2, 0.25) is 0 Å². The molecule has 1 aliphatic carbocycles. The normalized spacial score (nSPS) is 21.1. The largest absolute Gasteiger partial charge is 0.467 e. The molecule has 0 bridgehead atoms. The fourth-order valence-corrected chi connectivity index (χ4v) is 4.45. The predicted octanol–water partition coefficient (Wildman–Crippen LogP) is 2.79. The minimum Gasteiger partial charge on any atom is -0.467 e. The Morgan fingerprint density at radius 3 is 2.57 bits per heavy atom. The zero-order chi connectivity index (χ0) is 19.7. The maximum absolute atomic E-state index is 12.9. The summed E-state index contributed by atoms with van der Waals surface area (Å²) in [6.45, 7) is 0.315. The van der Waals surface area contributed by atoms with Crippen LogP contribution in [-0.2, 0) is 19.1 Å². The second-order valence-corrected chi connectivity index (χ2v) is 7.67. The lowest BCUT2D eigenvalue weighted by Crippen LogP contribution is -2.54. The van der Waals surface area contributed by atoms with E-state index in [4.69, 9.17) is 4.74 Å². The van der Waals surface area contributed by atoms with Crippen molar-refractivity contribution in [2.75, 3.05) is 18.6 Å². The van der Waals surface area contributed by atoms with Crippen molar-refractivity contribution in [3.8, 4) is 0 Å². The van der Waals surface area contributed by atoms with Crippen LogP contribution < -0.4 is 10.2 Å². The van der Waals surface area contributed by atoms with Crippen LogP contribution in [0.15, 0.2) is 42.5 Å². The van der Waals surface area contributed by atoms with E-state index in [1.807, 2.05) is 42.5 Å². The van der Waals surface area contributed by atoms with Crippen molar-refractivity contribution < 1.29 is 19.1 Å². The van der Waals surface area contributed by atoms with Crippen molar-refractivity contribution in [2.45, 2.75) is 37.6 Å². The van der Waals surface area contributed by atoms with Gasteiger partial charge in [0.1, 0.15) is 5.54 Å². The molecule has 1 saturated heterocycles. The van der Waals surface area contributed by atoms with Gasteiger partial charge in [0.15, 0.2) is 0 Å². The van der Waals surface area contributed by atoms with Gasteiger partial charge in [-0.05, 0) is 24.3 Å². The van der Waals surface area contributed by atoms with Gasteiger partial charge in [-0.25, -0.2) is 4.79 Å². The summed E-state index contributed by atoms with van der Waals surface area (Å²) in [5, 5.41) is 4.96. The fourth-order valence-electron chi connectivity index (χ4n) is 4.45. The van der Waals surface area contributed by atoms with E-state index in [0.717, 1.165) is 29.3 Å². The number of rotatable bonds is 4. The van der Waals surface area contributed by atoms with Gasteiger partial charge in [0.05, 0.1) is 18.7 Å². The average molecular weight is 380 g/mol. The number of benzene rings is 2. The molecule has 28 heavy (non-hydrogen) atoms. The number of hydrogen-bond acceptors (Lipinski definition) is 4. The minimum atomic E-state index is -0.943. The number of methoxy groups -OCH3 is 1. The van der Waals surface area contributed by atoms with Gasteiger partial charge in [-0.15, -0.1) is 0 Å². The number of nitrogens with one attached hydrogen (secondary N) is 1. The lowest BCUT2D eigenvalue weighted by atomic mass is 9.96. The molecule has 1 heterocycles. The van der Waals surface area contributed by atoms with E-state index in [2.05, 4.69) is 5.32 Å². The van der Waals surface area contributed by atoms with Crippen LogP contribution in [-0.4, -0.2) is 37.0 Å². The molecular weight excluding hydrogens is 356 g/mol. The summed E-state index contributed by atoms with van der Waals surface area (Å²) in [6.07, 6.45) is 3.06. The molecule has 2 fully saturated rings. The van der Waals surface area contributed by atoms with E-state index in [0.29, 0.717) is 19.4 Å². The van der Waals surface area contributed by atoms with Crippen LogP contribution in [0.3, 0.4) is 0 Å². The second kappa shape index (κ2) is 7.26. The molecule has 2 aliphatic rings. The highest BCUT2D eigenvalue weighted by molar-refractivity contribution is 6.07. The van der Waals surface area contributed by atoms with E-state index >= 15 is 0 Å². The quantitative estimate of drug-likeness (QED) is 0.828. The van der Waals surface area contributed by atoms with Crippen LogP contribution in [0.25, 0.3) is 10.8 Å². The molecule has 2 aromatic rings. The zero-order valence-electron chi connectivity index (χ0n) is 15.9. The Balaban J connectivity index is 1.54. The molecule has 4 rings (SSSR count). The van der Waals surface area contributed by atoms with Gasteiger partial charge in [-0.2, -0.15) is 0 Å². The van der Waals surface area contributed by atoms with Gasteiger partial charge in [-0.3, -0.25) is 9.59 Å². The molecule has 6 heteroatoms. The smallest absolute Gasteiger partial charge is 0.331 e. The Kier molecular flexibility index (Phi) is 4.79. The molecule has 1 unspecified atom stereocenters. The number of hydrogen-bond donors (Lipinski definition) is 1. The zero-order valence-corrected chi connectivity index (χ0v) is 15.9. The summed E-state index contributed by atoms with van der Waals surface area (Å²) >= 11 is 0. The van der Waals surface area contributed by atoms with Crippen LogP contribution in [0.4, 0.5) is 5.69 Å². The van der Waals surface area contributed by atoms with Crippen molar-refractivity contribution in [2.24, 2.45) is 5.92 Å². The van der Waals surface area contributed by atoms with Crippen molar-refractivity contribution in [1.82, 2.24) is 5.32 Å². The van der Waals surface area contributed by atoms with E-state index in [9.17, 15) is 14.4 Å². The molecule has 1 aliphatic heterocycles. The molecule has 1 saturated carbocycles. The molecule has 0 radical (unpaired) electrons. The number of anilines is 1. The van der Waals surface area contributed by atoms with Crippen molar-refractivity contribution in [3.05, 3.63) is 42.5 Å². The summed E-state index contributed by atoms with van der Waals surface area (Å²) in [4.78, 5) is 39.6. The first kappa shape index (κ1) is 18.5. The number of carbonyl (C=O) groups is 3. The lowest BCUT2D eigenvalue weighted by molar-refractivity contribution is -0.151. The van der Waals surface area contributed by atoms with E-state index in [1.54, 1.807) is 4.90 Å². The van der Waals surface area contributed by atoms with Gasteiger partial charge in [0.25, 0.3) is 0 Å². The number of fused-ring (bicyclic) bond motifs is 1. The molecule has 6 nitrogen and oxygen atoms in total. The van der Waals surface area contributed by atoms with Crippen molar-refractivity contribution >= 4 is 34.2 Å². The van der Waals surface area contributed by atoms with Gasteiger partial charge in [-0.1, -0.05) is 49.2 Å². The Morgan fingerprint density at radius 1 is 1.11 bits per heavy atom. The van der Waals surface area contributed by atoms with E-state index in [-0.39, 0.29) is 18.2 Å². The first-order chi connectivity index (χ1) is 13.5. The third kappa shape index (κ3) is 3.13. The van der Waals surface area contributed by atoms with Gasteiger partial charge in [0.2, 0.25) is 11.8 Å². The summed E-state index contributed by atoms with van der Waals surface area (Å²) in [5.41, 5.74) is -0.121. The Hall–Kier alpha value is -2.89. The molecule has 2 aromatic carbocycles. The van der Waals surface area contributed by atoms with Crippen LogP contribution >= 0.6 is 0 Å². The number of nitrogens with zero attached hydrogens (tertiary/aromatic N) is 1. The van der Waals surface area contributed by atoms with E-state index < -0.39 is 17.4 Å². The molecule has 1 N–H and O–H groups in total. The van der Waals surface area contributed by atoms with Crippen molar-refractivity contribution in [1.29, 1.82) is 0 Å². The second-order valence-electron chi connectivity index (χ2n) is 7.67. The first-order valence-corrected chi connectivity index (χ1v) is 9.73. The summed E-state index contributed by atoms with van der Waals surface area (Å²) in [5.74, 6) is -1.19. The Morgan fingerprint density at radius 2 is 1.82 bits per heavy atom. The minimum absolute atomic E-state index is 0.0740. The van der Waals surface area contributed by atoms with Crippen LogP contribution in [0, 0.1) is 5.92 Å². The molecule has 1 atom stereocenters. The Labute approximate surface area is 163 Å². The molecule has 2 amide bonds. The summed E-state index contributed by atoms with van der Waals surface area (Å²) < 4.78 is 4.93. The number of ether oxygens (including phenoxy) is 1. The molecule has 0 spiro atoms. The third-order valence-corrected chi connectivity index (χ3v) is 5.95. The maximum Gasteiger partial charge on any atom is 0.331 e. The molecule has 0 aromatic heterocycles. The van der Waals surface area contributed by atoms with Gasteiger partial charge < -0.3 is 15.0 Å². The molecule has 146 valence electrons. The van der Waals surface area contributed by atoms with Crippen LogP contribution in [0.5, 0.6) is 0 Å². The predicted molar refractivity (Wildman–Crippen MR) is 106 cm³/mol. The SMILES string of the molecule is COC(=O)C1(NC(=O)C2CC(=O)N(c3cccc4ccccc34)C2)CCCC1. The third-order valence-electron chi connectivity index (χ3n) is 5.95. The Bertz CT molecular complexity index is 928. The molecular formula is C22H24N2O4. The number of carbonyl (C=O) groups excluding carboxylic acids is 3. The standard InChI is InChI=1S/C22H24N2O4/c1-28-21(27)22(11-4-5-12-22)23-20(26)16-13-19(25)24(14-16)18-10-6-8-15-7-2-3-9-17(15)18/h2-3,6-10,16H,4-5,11-14H2,1H3,(H,23,26). The highest BCUT2D eigenvalue weighted by Gasteiger charge is 2.46. The maximum atomic E-state index is 12.9. The van der Waals surface area contributed by atoms with Crippen molar-refractivity contribution in [3.63, 3.8) is 0 Å². The first-order valence-electron chi connectivity index (χ1n) is 9.73. The number of amides is 2. The lowest BCUT2D eigenvalue weighted by Gasteiger charge is -2.28. The average Bonchev–Trinajstić information content (AvgIpc) is 3.34. The fraction of sp³-hybridized carbons (Fsp3) is 0.409. The van der Waals surface area contributed by atoms with Gasteiger partial charge >= 0.3 is 5.97 Å². The highest BCUT2D eigenvalue weighted by atomic mass is 16.5.